The van der Waals surface area contributed by atoms with Crippen LogP contribution in [0.4, 0.5) is 5.82 Å². The highest BCUT2D eigenvalue weighted by Gasteiger charge is 2.25. The first-order chi connectivity index (χ1) is 19.1. The van der Waals surface area contributed by atoms with Gasteiger partial charge in [-0.15, -0.1) is 0 Å². The molecule has 1 aliphatic rings. The molecule has 1 N–H and O–H groups in total. The Hall–Kier alpha value is -3.95. The van der Waals surface area contributed by atoms with Crippen LogP contribution in [-0.2, 0) is 6.42 Å². The maximum atomic E-state index is 13.3. The Morgan fingerprint density at radius 2 is 1.85 bits per heavy atom. The monoisotopic (exact) mass is 537 g/mol. The van der Waals surface area contributed by atoms with Crippen LogP contribution in [0.2, 0.25) is 0 Å². The largest absolute Gasteiger partial charge is 0.306 e. The fourth-order valence-corrected chi connectivity index (χ4v) is 6.01. The second-order valence-corrected chi connectivity index (χ2v) is 11.1. The predicted molar refractivity (Wildman–Crippen MR) is 155 cm³/mol. The van der Waals surface area contributed by atoms with Crippen molar-refractivity contribution in [3.8, 4) is 5.69 Å². The average Bonchev–Trinajstić information content (AvgIpc) is 3.59. The van der Waals surface area contributed by atoms with Crippen LogP contribution in [-0.4, -0.2) is 53.4 Å². The summed E-state index contributed by atoms with van der Waals surface area (Å²) >= 11 is 1.94. The third-order valence-corrected chi connectivity index (χ3v) is 8.27. The number of hydrogen-bond donors (Lipinski definition) is 1. The number of carbonyl (C=O) groups is 1. The van der Waals surface area contributed by atoms with Crippen molar-refractivity contribution in [2.75, 3.05) is 24.2 Å². The van der Waals surface area contributed by atoms with Crippen LogP contribution >= 0.6 is 11.9 Å². The number of hydrogen-bond acceptors (Lipinski definition) is 6. The van der Waals surface area contributed by atoms with Gasteiger partial charge in [0.1, 0.15) is 11.4 Å². The summed E-state index contributed by atoms with van der Waals surface area (Å²) in [5.74, 6) is 1.82. The SMILES string of the molecule is Cc1ccc(-n2nc(C3CCN(SCCc4ccccc4)CC3)cc2NC(=O)c2cnn3cccnc23)cc1. The summed E-state index contributed by atoms with van der Waals surface area (Å²) in [4.78, 5) is 17.6. The molecular formula is C30H31N7OS. The Bertz CT molecular complexity index is 1550. The topological polar surface area (TPSA) is 80.4 Å². The van der Waals surface area contributed by atoms with Crippen molar-refractivity contribution in [2.24, 2.45) is 0 Å². The molecule has 0 bridgehead atoms. The molecule has 1 fully saturated rings. The number of rotatable bonds is 8. The number of aryl methyl sites for hydroxylation is 2. The van der Waals surface area contributed by atoms with Gasteiger partial charge in [0.2, 0.25) is 0 Å². The third kappa shape index (κ3) is 5.74. The lowest BCUT2D eigenvalue weighted by Crippen LogP contribution is -2.28. The van der Waals surface area contributed by atoms with Gasteiger partial charge in [0.05, 0.1) is 17.6 Å². The van der Waals surface area contributed by atoms with Crippen molar-refractivity contribution in [1.82, 2.24) is 28.7 Å². The number of aromatic nitrogens is 5. The van der Waals surface area contributed by atoms with E-state index in [0.717, 1.165) is 49.5 Å². The molecule has 0 saturated carbocycles. The summed E-state index contributed by atoms with van der Waals surface area (Å²) in [6.45, 7) is 4.11. The molecule has 39 heavy (non-hydrogen) atoms. The zero-order chi connectivity index (χ0) is 26.6. The van der Waals surface area contributed by atoms with Crippen LogP contribution < -0.4 is 5.32 Å². The molecule has 9 heteroatoms. The van der Waals surface area contributed by atoms with E-state index in [0.29, 0.717) is 22.9 Å². The van der Waals surface area contributed by atoms with Gasteiger partial charge in [-0.1, -0.05) is 60.0 Å². The summed E-state index contributed by atoms with van der Waals surface area (Å²) in [7, 11) is 0. The normalized spacial score (nSPS) is 14.6. The Morgan fingerprint density at radius 3 is 2.64 bits per heavy atom. The smallest absolute Gasteiger partial charge is 0.262 e. The molecule has 3 aromatic heterocycles. The fraction of sp³-hybridized carbons (Fsp3) is 0.267. The Labute approximate surface area is 232 Å². The molecule has 0 unspecified atom stereocenters. The van der Waals surface area contributed by atoms with Crippen molar-refractivity contribution in [3.63, 3.8) is 0 Å². The molecule has 198 valence electrons. The van der Waals surface area contributed by atoms with Crippen molar-refractivity contribution >= 4 is 29.3 Å². The Kier molecular flexibility index (Phi) is 7.42. The number of fused-ring (bicyclic) bond motifs is 1. The minimum atomic E-state index is -0.256. The lowest BCUT2D eigenvalue weighted by molar-refractivity contribution is 0.102. The molecule has 5 aromatic rings. The van der Waals surface area contributed by atoms with Crippen LogP contribution in [0.3, 0.4) is 0 Å². The van der Waals surface area contributed by atoms with Crippen molar-refractivity contribution in [3.05, 3.63) is 108 Å². The van der Waals surface area contributed by atoms with E-state index >= 15 is 0 Å². The zero-order valence-corrected chi connectivity index (χ0v) is 22.7. The number of nitrogens with one attached hydrogen (secondary N) is 1. The first kappa shape index (κ1) is 25.3. The summed E-state index contributed by atoms with van der Waals surface area (Å²) < 4.78 is 5.92. The van der Waals surface area contributed by atoms with Gasteiger partial charge < -0.3 is 5.32 Å². The summed E-state index contributed by atoms with van der Waals surface area (Å²) in [5, 5.41) is 12.3. The van der Waals surface area contributed by atoms with Crippen LogP contribution in [0, 0.1) is 6.92 Å². The van der Waals surface area contributed by atoms with Crippen molar-refractivity contribution in [1.29, 1.82) is 0 Å². The number of amides is 1. The van der Waals surface area contributed by atoms with Gasteiger partial charge in [-0.25, -0.2) is 14.2 Å². The summed E-state index contributed by atoms with van der Waals surface area (Å²) in [6.07, 6.45) is 8.14. The first-order valence-electron chi connectivity index (χ1n) is 13.3. The standard InChI is InChI=1S/C30H31N7OS/c1-22-8-10-25(11-9-22)37-28(33-30(38)26-21-32-36-16-5-15-31-29(26)36)20-27(34-37)24-12-17-35(18-13-24)39-19-14-23-6-3-2-4-7-23/h2-11,15-16,20-21,24H,12-14,17-19H2,1H3,(H,33,38). The van der Waals surface area contributed by atoms with Gasteiger partial charge in [0.15, 0.2) is 5.65 Å². The number of nitrogens with zero attached hydrogens (tertiary/aromatic N) is 6. The van der Waals surface area contributed by atoms with Gasteiger partial charge in [0, 0.05) is 43.2 Å². The maximum Gasteiger partial charge on any atom is 0.262 e. The predicted octanol–water partition coefficient (Wildman–Crippen LogP) is 5.55. The lowest BCUT2D eigenvalue weighted by Gasteiger charge is -2.30. The number of carbonyl (C=O) groups excluding carboxylic acids is 1. The Morgan fingerprint density at radius 1 is 1.05 bits per heavy atom. The van der Waals surface area contributed by atoms with Gasteiger partial charge in [0.25, 0.3) is 5.91 Å². The van der Waals surface area contributed by atoms with Gasteiger partial charge in [-0.3, -0.25) is 9.10 Å². The van der Waals surface area contributed by atoms with Crippen molar-refractivity contribution < 1.29 is 4.79 Å². The lowest BCUT2D eigenvalue weighted by atomic mass is 9.95. The molecule has 1 amide bonds. The third-order valence-electron chi connectivity index (χ3n) is 7.15. The molecular weight excluding hydrogens is 506 g/mol. The van der Waals surface area contributed by atoms with Gasteiger partial charge in [-0.2, -0.15) is 10.2 Å². The van der Waals surface area contributed by atoms with E-state index in [9.17, 15) is 4.79 Å². The van der Waals surface area contributed by atoms with E-state index in [1.165, 1.54) is 11.1 Å². The van der Waals surface area contributed by atoms with E-state index < -0.39 is 0 Å². The average molecular weight is 538 g/mol. The first-order valence-corrected chi connectivity index (χ1v) is 14.3. The van der Waals surface area contributed by atoms with E-state index in [1.807, 2.05) is 34.8 Å². The molecule has 1 aliphatic heterocycles. The molecule has 6 rings (SSSR count). The molecule has 4 heterocycles. The second kappa shape index (κ2) is 11.4. The summed E-state index contributed by atoms with van der Waals surface area (Å²) in [6, 6.07) is 22.7. The molecule has 0 radical (unpaired) electrons. The highest BCUT2D eigenvalue weighted by atomic mass is 32.2. The van der Waals surface area contributed by atoms with Crippen LogP contribution in [0.25, 0.3) is 11.3 Å². The van der Waals surface area contributed by atoms with Crippen molar-refractivity contribution in [2.45, 2.75) is 32.1 Å². The minimum absolute atomic E-state index is 0.256. The summed E-state index contributed by atoms with van der Waals surface area (Å²) in [5.41, 5.74) is 5.43. The highest BCUT2D eigenvalue weighted by Crippen LogP contribution is 2.32. The number of benzene rings is 2. The van der Waals surface area contributed by atoms with E-state index in [4.69, 9.17) is 5.10 Å². The van der Waals surface area contributed by atoms with Gasteiger partial charge >= 0.3 is 0 Å². The highest BCUT2D eigenvalue weighted by molar-refractivity contribution is 7.97. The second-order valence-electron chi connectivity index (χ2n) is 9.87. The molecule has 0 aliphatic carbocycles. The molecule has 0 atom stereocenters. The number of piperidine rings is 1. The van der Waals surface area contributed by atoms with E-state index in [-0.39, 0.29) is 5.91 Å². The molecule has 0 spiro atoms. The van der Waals surface area contributed by atoms with Gasteiger partial charge in [-0.05, 0) is 49.9 Å². The quantitative estimate of drug-likeness (QED) is 0.262. The molecule has 2 aromatic carbocycles. The number of anilines is 1. The fourth-order valence-electron chi connectivity index (χ4n) is 4.96. The van der Waals surface area contributed by atoms with Crippen LogP contribution in [0.1, 0.15) is 45.9 Å². The van der Waals surface area contributed by atoms with E-state index in [1.54, 1.807) is 29.2 Å². The van der Waals surface area contributed by atoms with Crippen LogP contribution in [0.15, 0.2) is 85.3 Å². The zero-order valence-electron chi connectivity index (χ0n) is 21.9. The van der Waals surface area contributed by atoms with E-state index in [2.05, 4.69) is 69.1 Å². The molecule has 1 saturated heterocycles. The maximum absolute atomic E-state index is 13.3. The Balaban J connectivity index is 1.17. The van der Waals surface area contributed by atoms with Crippen LogP contribution in [0.5, 0.6) is 0 Å². The minimum Gasteiger partial charge on any atom is -0.306 e. The molecule has 8 nitrogen and oxygen atoms in total.